The molecule has 0 spiro atoms. The monoisotopic (exact) mass is 453 g/mol. The summed E-state index contributed by atoms with van der Waals surface area (Å²) in [5.41, 5.74) is 4.55. The Bertz CT molecular complexity index is 1300. The molecule has 32 heavy (non-hydrogen) atoms. The summed E-state index contributed by atoms with van der Waals surface area (Å²) in [5.74, 6) is 0.0288. The average Bonchev–Trinajstić information content (AvgIpc) is 3.32. The molecule has 156 valence electrons. The van der Waals surface area contributed by atoms with Gasteiger partial charge in [-0.3, -0.25) is 9.69 Å². The first-order chi connectivity index (χ1) is 15.8. The second-order valence-electron chi connectivity index (χ2n) is 7.21. The van der Waals surface area contributed by atoms with Gasteiger partial charge >= 0.3 is 0 Å². The van der Waals surface area contributed by atoms with Crippen LogP contribution in [0.25, 0.3) is 11.0 Å². The van der Waals surface area contributed by atoms with Crippen molar-refractivity contribution in [1.82, 2.24) is 8.75 Å². The number of rotatable bonds is 6. The van der Waals surface area contributed by atoms with Gasteiger partial charge in [0, 0.05) is 21.2 Å². The van der Waals surface area contributed by atoms with Gasteiger partial charge < -0.3 is 0 Å². The van der Waals surface area contributed by atoms with Crippen LogP contribution in [0.15, 0.2) is 113 Å². The SMILES string of the molecule is O=C(Cc1ccc(Sc2cccc3nsnc23)cc1)N(c1ccccc1)c1ccccc1. The molecule has 4 nitrogen and oxygen atoms in total. The van der Waals surface area contributed by atoms with Crippen molar-refractivity contribution in [3.05, 3.63) is 109 Å². The molecule has 1 amide bonds. The first-order valence-electron chi connectivity index (χ1n) is 10.2. The zero-order valence-corrected chi connectivity index (χ0v) is 18.7. The Balaban J connectivity index is 1.35. The maximum atomic E-state index is 13.3. The molecule has 0 unspecified atom stereocenters. The molecular weight excluding hydrogens is 434 g/mol. The van der Waals surface area contributed by atoms with E-state index in [2.05, 4.69) is 26.9 Å². The van der Waals surface area contributed by atoms with Crippen molar-refractivity contribution in [2.75, 3.05) is 4.90 Å². The molecule has 0 aliphatic carbocycles. The topological polar surface area (TPSA) is 46.1 Å². The fourth-order valence-electron chi connectivity index (χ4n) is 3.51. The highest BCUT2D eigenvalue weighted by atomic mass is 32.2. The second-order valence-corrected chi connectivity index (χ2v) is 8.85. The highest BCUT2D eigenvalue weighted by Crippen LogP contribution is 2.33. The maximum Gasteiger partial charge on any atom is 0.235 e. The lowest BCUT2D eigenvalue weighted by Crippen LogP contribution is -2.27. The van der Waals surface area contributed by atoms with Gasteiger partial charge in [-0.1, -0.05) is 66.4 Å². The van der Waals surface area contributed by atoms with Gasteiger partial charge in [-0.15, -0.1) is 0 Å². The number of carbonyl (C=O) groups excluding carboxylic acids is 1. The molecule has 1 heterocycles. The van der Waals surface area contributed by atoms with Crippen LogP contribution < -0.4 is 4.90 Å². The number of para-hydroxylation sites is 2. The van der Waals surface area contributed by atoms with Gasteiger partial charge in [0.1, 0.15) is 11.0 Å². The van der Waals surface area contributed by atoms with Crippen molar-refractivity contribution in [3.8, 4) is 0 Å². The van der Waals surface area contributed by atoms with E-state index in [9.17, 15) is 4.79 Å². The fourth-order valence-corrected chi connectivity index (χ4v) is 5.04. The first-order valence-corrected chi connectivity index (χ1v) is 11.7. The highest BCUT2D eigenvalue weighted by molar-refractivity contribution is 7.99. The maximum absolute atomic E-state index is 13.3. The van der Waals surface area contributed by atoms with Gasteiger partial charge in [0.25, 0.3) is 0 Å². The predicted molar refractivity (Wildman–Crippen MR) is 132 cm³/mol. The van der Waals surface area contributed by atoms with Gasteiger partial charge in [-0.25, -0.2) is 0 Å². The van der Waals surface area contributed by atoms with E-state index >= 15 is 0 Å². The molecule has 0 fully saturated rings. The minimum absolute atomic E-state index is 0.0288. The standard InChI is InChI=1S/C26H19N3OS2/c30-25(29(20-8-3-1-4-9-20)21-10-5-2-6-11-21)18-19-14-16-22(17-15-19)31-24-13-7-12-23-26(24)28-32-27-23/h1-17H,18H2. The van der Waals surface area contributed by atoms with Crippen molar-refractivity contribution < 1.29 is 4.79 Å². The van der Waals surface area contributed by atoms with Crippen molar-refractivity contribution in [2.24, 2.45) is 0 Å². The van der Waals surface area contributed by atoms with E-state index < -0.39 is 0 Å². The number of amides is 1. The van der Waals surface area contributed by atoms with Crippen LogP contribution >= 0.6 is 23.5 Å². The van der Waals surface area contributed by atoms with E-state index in [4.69, 9.17) is 0 Å². The molecule has 0 saturated heterocycles. The molecule has 6 heteroatoms. The number of aromatic nitrogens is 2. The van der Waals surface area contributed by atoms with Crippen LogP contribution in [-0.4, -0.2) is 14.7 Å². The minimum Gasteiger partial charge on any atom is -0.281 e. The normalized spacial score (nSPS) is 10.9. The Hall–Kier alpha value is -3.48. The quantitative estimate of drug-likeness (QED) is 0.285. The number of nitrogens with zero attached hydrogens (tertiary/aromatic N) is 3. The van der Waals surface area contributed by atoms with Crippen LogP contribution in [0, 0.1) is 0 Å². The summed E-state index contributed by atoms with van der Waals surface area (Å²) in [5, 5.41) is 0. The zero-order valence-electron chi connectivity index (χ0n) is 17.1. The van der Waals surface area contributed by atoms with Gasteiger partial charge in [0.15, 0.2) is 0 Å². The summed E-state index contributed by atoms with van der Waals surface area (Å²) in [4.78, 5) is 17.3. The van der Waals surface area contributed by atoms with Gasteiger partial charge in [-0.05, 0) is 54.1 Å². The third kappa shape index (κ3) is 4.42. The third-order valence-electron chi connectivity index (χ3n) is 5.03. The van der Waals surface area contributed by atoms with E-state index in [1.165, 1.54) is 11.7 Å². The van der Waals surface area contributed by atoms with Crippen molar-refractivity contribution in [1.29, 1.82) is 0 Å². The van der Waals surface area contributed by atoms with Crippen LogP contribution in [0.3, 0.4) is 0 Å². The van der Waals surface area contributed by atoms with E-state index in [1.54, 1.807) is 16.7 Å². The summed E-state index contributed by atoms with van der Waals surface area (Å²) >= 11 is 2.89. The number of carbonyl (C=O) groups is 1. The molecule has 0 atom stereocenters. The number of hydrogen-bond donors (Lipinski definition) is 0. The predicted octanol–water partition coefficient (Wildman–Crippen LogP) is 6.75. The van der Waals surface area contributed by atoms with Crippen LogP contribution in [0.5, 0.6) is 0 Å². The van der Waals surface area contributed by atoms with E-state index in [0.29, 0.717) is 6.42 Å². The van der Waals surface area contributed by atoms with E-state index in [-0.39, 0.29) is 5.91 Å². The molecule has 1 aromatic heterocycles. The molecule has 0 radical (unpaired) electrons. The molecule has 0 bridgehead atoms. The number of anilines is 2. The van der Waals surface area contributed by atoms with E-state index in [1.807, 2.05) is 84.9 Å². The largest absolute Gasteiger partial charge is 0.281 e. The van der Waals surface area contributed by atoms with Crippen molar-refractivity contribution >= 4 is 51.8 Å². The Morgan fingerprint density at radius 2 is 1.41 bits per heavy atom. The van der Waals surface area contributed by atoms with Crippen LogP contribution in [-0.2, 0) is 11.2 Å². The summed E-state index contributed by atoms with van der Waals surface area (Å²) in [6, 6.07) is 33.7. The van der Waals surface area contributed by atoms with Crippen LogP contribution in [0.1, 0.15) is 5.56 Å². The Labute approximate surface area is 194 Å². The third-order valence-corrected chi connectivity index (χ3v) is 6.63. The molecule has 0 aliphatic heterocycles. The summed E-state index contributed by atoms with van der Waals surface area (Å²) < 4.78 is 8.72. The number of fused-ring (bicyclic) bond motifs is 1. The lowest BCUT2D eigenvalue weighted by atomic mass is 10.1. The molecular formula is C26H19N3OS2. The van der Waals surface area contributed by atoms with Crippen LogP contribution in [0.4, 0.5) is 11.4 Å². The smallest absolute Gasteiger partial charge is 0.235 e. The molecule has 0 aliphatic rings. The summed E-state index contributed by atoms with van der Waals surface area (Å²) in [6.07, 6.45) is 0.320. The Kier molecular flexibility index (Phi) is 5.96. The lowest BCUT2D eigenvalue weighted by molar-refractivity contribution is -0.117. The first kappa shape index (κ1) is 20.4. The van der Waals surface area contributed by atoms with Gasteiger partial charge in [-0.2, -0.15) is 8.75 Å². The lowest BCUT2D eigenvalue weighted by Gasteiger charge is -2.23. The fraction of sp³-hybridized carbons (Fsp3) is 0.0385. The van der Waals surface area contributed by atoms with Crippen molar-refractivity contribution in [2.45, 2.75) is 16.2 Å². The molecule has 0 saturated carbocycles. The highest BCUT2D eigenvalue weighted by Gasteiger charge is 2.18. The molecule has 0 N–H and O–H groups in total. The molecule has 4 aromatic carbocycles. The summed E-state index contributed by atoms with van der Waals surface area (Å²) in [6.45, 7) is 0. The number of hydrogen-bond acceptors (Lipinski definition) is 5. The minimum atomic E-state index is 0.0288. The summed E-state index contributed by atoms with van der Waals surface area (Å²) in [7, 11) is 0. The van der Waals surface area contributed by atoms with Gasteiger partial charge in [0.2, 0.25) is 5.91 Å². The molecule has 5 aromatic rings. The number of benzene rings is 4. The second kappa shape index (κ2) is 9.34. The molecule has 5 rings (SSSR count). The van der Waals surface area contributed by atoms with Crippen molar-refractivity contribution in [3.63, 3.8) is 0 Å². The Morgan fingerprint density at radius 1 is 0.750 bits per heavy atom. The van der Waals surface area contributed by atoms with Gasteiger partial charge in [0.05, 0.1) is 18.1 Å². The Morgan fingerprint density at radius 3 is 2.06 bits per heavy atom. The zero-order chi connectivity index (χ0) is 21.8. The average molecular weight is 454 g/mol. The van der Waals surface area contributed by atoms with Crippen LogP contribution in [0.2, 0.25) is 0 Å². The van der Waals surface area contributed by atoms with E-state index in [0.717, 1.165) is 37.8 Å².